The third-order valence-electron chi connectivity index (χ3n) is 4.44. The molecule has 0 radical (unpaired) electrons. The van der Waals surface area contributed by atoms with Crippen LogP contribution in [0.1, 0.15) is 53.4 Å². The number of hydrogen-bond acceptors (Lipinski definition) is 3. The minimum absolute atomic E-state index is 0.0535. The molecular formula is C14H26O3. The summed E-state index contributed by atoms with van der Waals surface area (Å²) in [6, 6.07) is 0. The largest absolute Gasteiger partial charge is 0.464 e. The van der Waals surface area contributed by atoms with Gasteiger partial charge in [-0.25, -0.2) is 4.79 Å². The van der Waals surface area contributed by atoms with Gasteiger partial charge in [-0.2, -0.15) is 0 Å². The molecule has 3 nitrogen and oxygen atoms in total. The van der Waals surface area contributed by atoms with E-state index in [1.807, 2.05) is 6.92 Å². The van der Waals surface area contributed by atoms with Crippen molar-refractivity contribution >= 4 is 5.97 Å². The van der Waals surface area contributed by atoms with Crippen LogP contribution in [0.2, 0.25) is 0 Å². The lowest BCUT2D eigenvalue weighted by Gasteiger charge is -2.40. The van der Waals surface area contributed by atoms with Gasteiger partial charge in [0.1, 0.15) is 0 Å². The van der Waals surface area contributed by atoms with Gasteiger partial charge in [-0.3, -0.25) is 0 Å². The first kappa shape index (κ1) is 14.5. The molecule has 4 unspecified atom stereocenters. The molecule has 1 N–H and O–H groups in total. The smallest absolute Gasteiger partial charge is 0.338 e. The Morgan fingerprint density at radius 1 is 1.29 bits per heavy atom. The van der Waals surface area contributed by atoms with Crippen LogP contribution in [0.25, 0.3) is 0 Å². The van der Waals surface area contributed by atoms with E-state index in [9.17, 15) is 9.90 Å². The second-order valence-electron chi connectivity index (χ2n) is 5.46. The maximum atomic E-state index is 11.9. The molecule has 17 heavy (non-hydrogen) atoms. The maximum Gasteiger partial charge on any atom is 0.338 e. The normalized spacial score (nSPS) is 32.9. The predicted octanol–water partition coefficient (Wildman–Crippen LogP) is 2.76. The van der Waals surface area contributed by atoms with Gasteiger partial charge < -0.3 is 9.84 Å². The summed E-state index contributed by atoms with van der Waals surface area (Å²) >= 11 is 0. The van der Waals surface area contributed by atoms with Gasteiger partial charge in [-0.15, -0.1) is 0 Å². The summed E-state index contributed by atoms with van der Waals surface area (Å²) in [7, 11) is 0. The van der Waals surface area contributed by atoms with Gasteiger partial charge in [0.15, 0.2) is 5.60 Å². The van der Waals surface area contributed by atoms with E-state index in [0.717, 1.165) is 19.3 Å². The highest BCUT2D eigenvalue weighted by Crippen LogP contribution is 2.40. The highest BCUT2D eigenvalue weighted by molar-refractivity contribution is 5.79. The van der Waals surface area contributed by atoms with Gasteiger partial charge in [0, 0.05) is 0 Å². The number of carbonyl (C=O) groups excluding carboxylic acids is 1. The monoisotopic (exact) mass is 242 g/mol. The fourth-order valence-electron chi connectivity index (χ4n) is 2.84. The van der Waals surface area contributed by atoms with Crippen molar-refractivity contribution in [2.24, 2.45) is 17.8 Å². The van der Waals surface area contributed by atoms with E-state index in [1.165, 1.54) is 0 Å². The van der Waals surface area contributed by atoms with E-state index in [1.54, 1.807) is 6.92 Å². The first-order valence-electron chi connectivity index (χ1n) is 6.85. The molecule has 4 atom stereocenters. The maximum absolute atomic E-state index is 11.9. The Morgan fingerprint density at radius 2 is 1.94 bits per heavy atom. The highest BCUT2D eigenvalue weighted by Gasteiger charge is 2.45. The summed E-state index contributed by atoms with van der Waals surface area (Å²) in [6.07, 6.45) is 3.38. The molecule has 1 rings (SSSR count). The molecule has 1 fully saturated rings. The lowest BCUT2D eigenvalue weighted by molar-refractivity contribution is -0.174. The lowest BCUT2D eigenvalue weighted by atomic mass is 9.68. The van der Waals surface area contributed by atoms with E-state index >= 15 is 0 Å². The van der Waals surface area contributed by atoms with Crippen LogP contribution in [0, 0.1) is 17.8 Å². The summed E-state index contributed by atoms with van der Waals surface area (Å²) < 4.78 is 5.02. The Kier molecular flexibility index (Phi) is 4.99. The van der Waals surface area contributed by atoms with E-state index in [2.05, 4.69) is 13.8 Å². The lowest BCUT2D eigenvalue weighted by Crippen LogP contribution is -2.48. The van der Waals surface area contributed by atoms with E-state index in [-0.39, 0.29) is 5.92 Å². The zero-order valence-corrected chi connectivity index (χ0v) is 11.5. The molecule has 0 bridgehead atoms. The molecular weight excluding hydrogens is 216 g/mol. The molecule has 0 amide bonds. The first-order chi connectivity index (χ1) is 7.95. The Morgan fingerprint density at radius 3 is 2.41 bits per heavy atom. The van der Waals surface area contributed by atoms with Crippen LogP contribution < -0.4 is 0 Å². The summed E-state index contributed by atoms with van der Waals surface area (Å²) in [5, 5.41) is 10.6. The van der Waals surface area contributed by atoms with E-state index in [4.69, 9.17) is 4.74 Å². The van der Waals surface area contributed by atoms with Crippen LogP contribution in [0.4, 0.5) is 0 Å². The molecule has 100 valence electrons. The summed E-state index contributed by atoms with van der Waals surface area (Å²) in [4.78, 5) is 11.9. The molecule has 1 aliphatic carbocycles. The molecule has 1 saturated carbocycles. The Bertz CT molecular complexity index is 264. The van der Waals surface area contributed by atoms with Gasteiger partial charge in [-0.1, -0.05) is 27.2 Å². The Hall–Kier alpha value is -0.570. The molecule has 0 aromatic rings. The van der Waals surface area contributed by atoms with Crippen LogP contribution in [0.15, 0.2) is 0 Å². The fraction of sp³-hybridized carbons (Fsp3) is 0.929. The summed E-state index contributed by atoms with van der Waals surface area (Å²) in [6.45, 7) is 8.42. The van der Waals surface area contributed by atoms with Crippen LogP contribution in [-0.4, -0.2) is 23.3 Å². The van der Waals surface area contributed by atoms with Gasteiger partial charge >= 0.3 is 5.97 Å². The summed E-state index contributed by atoms with van der Waals surface area (Å²) in [5.74, 6) is 0.878. The van der Waals surface area contributed by atoms with E-state index < -0.39 is 11.6 Å². The first-order valence-corrected chi connectivity index (χ1v) is 6.85. The number of aliphatic hydroxyl groups is 1. The van der Waals surface area contributed by atoms with Crippen molar-refractivity contribution in [3.05, 3.63) is 0 Å². The van der Waals surface area contributed by atoms with Crippen LogP contribution in [0.5, 0.6) is 0 Å². The number of esters is 1. The molecule has 0 heterocycles. The fourth-order valence-corrected chi connectivity index (χ4v) is 2.84. The average molecular weight is 242 g/mol. The van der Waals surface area contributed by atoms with Crippen molar-refractivity contribution in [3.8, 4) is 0 Å². The zero-order valence-electron chi connectivity index (χ0n) is 11.5. The van der Waals surface area contributed by atoms with Crippen LogP contribution >= 0.6 is 0 Å². The van der Waals surface area contributed by atoms with Gasteiger partial charge in [0.05, 0.1) is 6.61 Å². The Labute approximate surface area is 105 Å². The van der Waals surface area contributed by atoms with Crippen LogP contribution in [0.3, 0.4) is 0 Å². The molecule has 0 aliphatic heterocycles. The van der Waals surface area contributed by atoms with Crippen LogP contribution in [-0.2, 0) is 9.53 Å². The minimum Gasteiger partial charge on any atom is -0.464 e. The SMILES string of the molecule is CCOC(=O)C(O)(CC)C1CCC(C)C(C)C1. The molecule has 0 saturated heterocycles. The van der Waals surface area contributed by atoms with Crippen molar-refractivity contribution in [3.63, 3.8) is 0 Å². The number of hydrogen-bond donors (Lipinski definition) is 1. The minimum atomic E-state index is -1.27. The molecule has 0 aromatic heterocycles. The third-order valence-corrected chi connectivity index (χ3v) is 4.44. The predicted molar refractivity (Wildman–Crippen MR) is 67.5 cm³/mol. The summed E-state index contributed by atoms with van der Waals surface area (Å²) in [5.41, 5.74) is -1.27. The standard InChI is InChI=1S/C14H26O3/c1-5-14(16,13(15)17-6-2)12-8-7-10(3)11(4)9-12/h10-12,16H,5-9H2,1-4H3. The molecule has 3 heteroatoms. The molecule has 1 aliphatic rings. The molecule has 0 aromatic carbocycles. The quantitative estimate of drug-likeness (QED) is 0.771. The average Bonchev–Trinajstić information content (AvgIpc) is 2.32. The number of ether oxygens (including phenoxy) is 1. The molecule has 0 spiro atoms. The van der Waals surface area contributed by atoms with Gasteiger partial charge in [0.2, 0.25) is 0 Å². The van der Waals surface area contributed by atoms with Crippen molar-refractivity contribution in [1.82, 2.24) is 0 Å². The second kappa shape index (κ2) is 5.85. The van der Waals surface area contributed by atoms with Crippen molar-refractivity contribution in [1.29, 1.82) is 0 Å². The number of rotatable bonds is 4. The highest BCUT2D eigenvalue weighted by atomic mass is 16.5. The zero-order chi connectivity index (χ0) is 13.1. The Balaban J connectivity index is 2.76. The van der Waals surface area contributed by atoms with Gasteiger partial charge in [0.25, 0.3) is 0 Å². The van der Waals surface area contributed by atoms with Crippen molar-refractivity contribution in [2.75, 3.05) is 6.61 Å². The van der Waals surface area contributed by atoms with Crippen molar-refractivity contribution in [2.45, 2.75) is 59.0 Å². The third kappa shape index (κ3) is 3.01. The van der Waals surface area contributed by atoms with Crippen molar-refractivity contribution < 1.29 is 14.6 Å². The second-order valence-corrected chi connectivity index (χ2v) is 5.46. The van der Waals surface area contributed by atoms with E-state index in [0.29, 0.717) is 24.9 Å². The number of carbonyl (C=O) groups is 1. The van der Waals surface area contributed by atoms with Gasteiger partial charge in [-0.05, 0) is 43.9 Å². The topological polar surface area (TPSA) is 46.5 Å².